The molecule has 2 aromatic rings. The number of rotatable bonds is 6. The molecule has 2 aromatic carbocycles. The van der Waals surface area contributed by atoms with Crippen LogP contribution < -0.4 is 5.73 Å². The Bertz CT molecular complexity index is 534. The van der Waals surface area contributed by atoms with E-state index in [2.05, 4.69) is 67.4 Å². The molecule has 0 heterocycles. The maximum absolute atomic E-state index is 5.67. The van der Waals surface area contributed by atoms with Gasteiger partial charge in [0.05, 0.1) is 0 Å². The van der Waals surface area contributed by atoms with Crippen molar-refractivity contribution in [2.75, 3.05) is 13.6 Å². The van der Waals surface area contributed by atoms with Crippen LogP contribution in [0.15, 0.2) is 48.5 Å². The number of aryl methyl sites for hydroxylation is 1. The van der Waals surface area contributed by atoms with Gasteiger partial charge in [0.15, 0.2) is 0 Å². The van der Waals surface area contributed by atoms with E-state index in [1.165, 1.54) is 22.3 Å². The molecule has 106 valence electrons. The van der Waals surface area contributed by atoms with Crippen LogP contribution >= 0.6 is 0 Å². The minimum absolute atomic E-state index is 0.616. The molecular weight excluding hydrogens is 244 g/mol. The highest BCUT2D eigenvalue weighted by atomic mass is 15.1. The molecule has 0 fully saturated rings. The van der Waals surface area contributed by atoms with E-state index in [9.17, 15) is 0 Å². The Morgan fingerprint density at radius 1 is 1.00 bits per heavy atom. The summed E-state index contributed by atoms with van der Waals surface area (Å²) in [5, 5.41) is 0. The summed E-state index contributed by atoms with van der Waals surface area (Å²) in [5.41, 5.74) is 11.0. The zero-order chi connectivity index (χ0) is 14.4. The van der Waals surface area contributed by atoms with Crippen LogP contribution in [0.5, 0.6) is 0 Å². The molecule has 0 atom stereocenters. The number of nitrogens with two attached hydrogens (primary N) is 1. The predicted octanol–water partition coefficient (Wildman–Crippen LogP) is 3.13. The first-order chi connectivity index (χ1) is 9.69. The lowest BCUT2D eigenvalue weighted by atomic mass is 10.0. The van der Waals surface area contributed by atoms with Crippen LogP contribution in [0.2, 0.25) is 0 Å². The van der Waals surface area contributed by atoms with Crippen molar-refractivity contribution in [1.82, 2.24) is 4.90 Å². The van der Waals surface area contributed by atoms with Crippen molar-refractivity contribution >= 4 is 0 Å². The van der Waals surface area contributed by atoms with E-state index in [0.29, 0.717) is 6.54 Å². The highest BCUT2D eigenvalue weighted by molar-refractivity contribution is 5.31. The highest BCUT2D eigenvalue weighted by Gasteiger charge is 2.04. The van der Waals surface area contributed by atoms with Gasteiger partial charge in [0, 0.05) is 19.6 Å². The molecule has 0 unspecified atom stereocenters. The number of likely N-dealkylation sites (N-methyl/N-ethyl adjacent to an activating group) is 1. The maximum Gasteiger partial charge on any atom is 0.0233 e. The Balaban J connectivity index is 1.89. The van der Waals surface area contributed by atoms with E-state index in [-0.39, 0.29) is 0 Å². The Hall–Kier alpha value is -1.64. The van der Waals surface area contributed by atoms with Crippen LogP contribution in [0, 0.1) is 6.92 Å². The Kier molecular flexibility index (Phi) is 5.33. The molecule has 2 heteroatoms. The third-order valence-corrected chi connectivity index (χ3v) is 3.71. The average molecular weight is 268 g/mol. The lowest BCUT2D eigenvalue weighted by molar-refractivity contribution is 0.330. The molecule has 0 radical (unpaired) electrons. The van der Waals surface area contributed by atoms with Crippen molar-refractivity contribution in [3.05, 3.63) is 70.8 Å². The van der Waals surface area contributed by atoms with Gasteiger partial charge in [-0.1, -0.05) is 48.5 Å². The summed E-state index contributed by atoms with van der Waals surface area (Å²) < 4.78 is 0. The van der Waals surface area contributed by atoms with Crippen LogP contribution in [0.4, 0.5) is 0 Å². The summed E-state index contributed by atoms with van der Waals surface area (Å²) in [4.78, 5) is 2.37. The zero-order valence-corrected chi connectivity index (χ0v) is 12.5. The topological polar surface area (TPSA) is 29.3 Å². The minimum atomic E-state index is 0.616. The van der Waals surface area contributed by atoms with Gasteiger partial charge in [-0.3, -0.25) is 0 Å². The molecule has 2 N–H and O–H groups in total. The summed E-state index contributed by atoms with van der Waals surface area (Å²) >= 11 is 0. The zero-order valence-electron chi connectivity index (χ0n) is 12.5. The van der Waals surface area contributed by atoms with Gasteiger partial charge in [0.1, 0.15) is 0 Å². The molecule has 0 aromatic heterocycles. The summed E-state index contributed by atoms with van der Waals surface area (Å²) in [5.74, 6) is 0. The molecule has 0 amide bonds. The summed E-state index contributed by atoms with van der Waals surface area (Å²) in [7, 11) is 2.18. The fourth-order valence-electron chi connectivity index (χ4n) is 2.40. The molecule has 2 nitrogen and oxygen atoms in total. The quantitative estimate of drug-likeness (QED) is 0.872. The van der Waals surface area contributed by atoms with Gasteiger partial charge in [-0.05, 0) is 42.6 Å². The lowest BCUT2D eigenvalue weighted by Crippen LogP contribution is -2.21. The monoisotopic (exact) mass is 268 g/mol. The second-order valence-corrected chi connectivity index (χ2v) is 5.44. The van der Waals surface area contributed by atoms with Crippen molar-refractivity contribution in [1.29, 1.82) is 0 Å². The molecule has 0 saturated heterocycles. The van der Waals surface area contributed by atoms with Gasteiger partial charge in [-0.2, -0.15) is 0 Å². The van der Waals surface area contributed by atoms with E-state index >= 15 is 0 Å². The van der Waals surface area contributed by atoms with Gasteiger partial charge in [-0.25, -0.2) is 0 Å². The van der Waals surface area contributed by atoms with Crippen LogP contribution in [0.25, 0.3) is 0 Å². The van der Waals surface area contributed by atoms with Crippen LogP contribution in [0.3, 0.4) is 0 Å². The minimum Gasteiger partial charge on any atom is -0.326 e. The lowest BCUT2D eigenvalue weighted by Gasteiger charge is -2.18. The van der Waals surface area contributed by atoms with Gasteiger partial charge in [-0.15, -0.1) is 0 Å². The first-order valence-corrected chi connectivity index (χ1v) is 7.20. The third kappa shape index (κ3) is 4.19. The predicted molar refractivity (Wildman–Crippen MR) is 85.6 cm³/mol. The number of hydrogen-bond acceptors (Lipinski definition) is 2. The van der Waals surface area contributed by atoms with Crippen molar-refractivity contribution in [3.63, 3.8) is 0 Å². The molecule has 0 aliphatic heterocycles. The van der Waals surface area contributed by atoms with Crippen molar-refractivity contribution in [3.8, 4) is 0 Å². The molecule has 20 heavy (non-hydrogen) atoms. The Morgan fingerprint density at radius 2 is 1.75 bits per heavy atom. The van der Waals surface area contributed by atoms with Crippen molar-refractivity contribution < 1.29 is 0 Å². The second-order valence-electron chi connectivity index (χ2n) is 5.44. The van der Waals surface area contributed by atoms with E-state index in [1.807, 2.05) is 0 Å². The second kappa shape index (κ2) is 7.22. The summed E-state index contributed by atoms with van der Waals surface area (Å²) in [6, 6.07) is 17.2. The maximum atomic E-state index is 5.67. The summed E-state index contributed by atoms with van der Waals surface area (Å²) in [6.45, 7) is 4.84. The van der Waals surface area contributed by atoms with Crippen LogP contribution in [0.1, 0.15) is 22.3 Å². The number of hydrogen-bond donors (Lipinski definition) is 1. The number of benzene rings is 2. The fraction of sp³-hybridized carbons (Fsp3) is 0.333. The molecule has 0 bridgehead atoms. The van der Waals surface area contributed by atoms with Crippen molar-refractivity contribution in [2.45, 2.75) is 26.4 Å². The average Bonchev–Trinajstić information content (AvgIpc) is 2.48. The molecule has 0 saturated carbocycles. The molecule has 0 aliphatic carbocycles. The van der Waals surface area contributed by atoms with Gasteiger partial charge >= 0.3 is 0 Å². The largest absolute Gasteiger partial charge is 0.326 e. The van der Waals surface area contributed by atoms with Crippen molar-refractivity contribution in [2.24, 2.45) is 5.73 Å². The SMILES string of the molecule is Cc1cc(CN)ccc1CN(C)CCc1ccccc1. The fourth-order valence-corrected chi connectivity index (χ4v) is 2.40. The van der Waals surface area contributed by atoms with E-state index in [0.717, 1.165) is 19.5 Å². The summed E-state index contributed by atoms with van der Waals surface area (Å²) in [6.07, 6.45) is 1.09. The van der Waals surface area contributed by atoms with Gasteiger partial charge in [0.2, 0.25) is 0 Å². The number of nitrogens with zero attached hydrogens (tertiary/aromatic N) is 1. The first-order valence-electron chi connectivity index (χ1n) is 7.20. The normalized spacial score (nSPS) is 11.0. The third-order valence-electron chi connectivity index (χ3n) is 3.71. The highest BCUT2D eigenvalue weighted by Crippen LogP contribution is 2.13. The smallest absolute Gasteiger partial charge is 0.0233 e. The van der Waals surface area contributed by atoms with E-state index in [4.69, 9.17) is 5.73 Å². The van der Waals surface area contributed by atoms with Crippen LogP contribution in [-0.4, -0.2) is 18.5 Å². The standard InChI is InChI=1S/C18H24N2/c1-15-12-17(13-19)8-9-18(15)14-20(2)11-10-16-6-4-3-5-7-16/h3-9,12H,10-11,13-14,19H2,1-2H3. The molecule has 2 rings (SSSR count). The van der Waals surface area contributed by atoms with Gasteiger partial charge < -0.3 is 10.6 Å². The van der Waals surface area contributed by atoms with Crippen LogP contribution in [-0.2, 0) is 19.5 Å². The molecule has 0 aliphatic rings. The molecule has 0 spiro atoms. The molecular formula is C18H24N2. The van der Waals surface area contributed by atoms with Gasteiger partial charge in [0.25, 0.3) is 0 Å². The Morgan fingerprint density at radius 3 is 2.40 bits per heavy atom. The first kappa shape index (κ1) is 14.8. The Labute approximate surface area is 122 Å². The van der Waals surface area contributed by atoms with E-state index < -0.39 is 0 Å². The van der Waals surface area contributed by atoms with E-state index in [1.54, 1.807) is 0 Å².